The van der Waals surface area contributed by atoms with Crippen molar-refractivity contribution in [3.05, 3.63) is 35.0 Å². The van der Waals surface area contributed by atoms with Crippen molar-refractivity contribution in [1.29, 1.82) is 0 Å². The third-order valence-corrected chi connectivity index (χ3v) is 6.54. The van der Waals surface area contributed by atoms with Crippen molar-refractivity contribution >= 4 is 36.0 Å². The van der Waals surface area contributed by atoms with Gasteiger partial charge in [-0.3, -0.25) is 4.90 Å². The van der Waals surface area contributed by atoms with Crippen LogP contribution in [-0.4, -0.2) is 47.1 Å². The number of carbonyl (C=O) groups is 1. The molecular weight excluding hydrogens is 417 g/mol. The minimum Gasteiger partial charge on any atom is -0.491 e. The van der Waals surface area contributed by atoms with Gasteiger partial charge >= 0.3 is 13.2 Å². The van der Waals surface area contributed by atoms with Crippen LogP contribution in [0.1, 0.15) is 66.9 Å². The van der Waals surface area contributed by atoms with E-state index in [1.807, 2.05) is 66.7 Å². The van der Waals surface area contributed by atoms with E-state index in [4.69, 9.17) is 30.4 Å². The van der Waals surface area contributed by atoms with E-state index in [9.17, 15) is 4.79 Å². The summed E-state index contributed by atoms with van der Waals surface area (Å²) in [7, 11) is -0.558. The molecule has 0 aromatic heterocycles. The molecule has 1 amide bonds. The zero-order valence-electron chi connectivity index (χ0n) is 19.4. The lowest BCUT2D eigenvalue weighted by molar-refractivity contribution is 0.00578. The molecule has 4 rings (SSSR count). The summed E-state index contributed by atoms with van der Waals surface area (Å²) in [4.78, 5) is 14.7. The Morgan fingerprint density at radius 1 is 1.10 bits per heavy atom. The van der Waals surface area contributed by atoms with Crippen LogP contribution in [0.4, 0.5) is 4.79 Å². The normalized spacial score (nSPS) is 23.4. The highest BCUT2D eigenvalue weighted by Crippen LogP contribution is 2.45. The van der Waals surface area contributed by atoms with Gasteiger partial charge in [-0.15, -0.1) is 0 Å². The molecule has 0 bridgehead atoms. The van der Waals surface area contributed by atoms with E-state index in [0.29, 0.717) is 17.3 Å². The van der Waals surface area contributed by atoms with E-state index in [0.717, 1.165) is 23.9 Å². The van der Waals surface area contributed by atoms with Gasteiger partial charge in [0, 0.05) is 10.6 Å². The van der Waals surface area contributed by atoms with Gasteiger partial charge in [-0.1, -0.05) is 17.7 Å². The van der Waals surface area contributed by atoms with E-state index < -0.39 is 30.0 Å². The van der Waals surface area contributed by atoms with Crippen molar-refractivity contribution in [2.24, 2.45) is 0 Å². The molecule has 0 N–H and O–H groups in total. The molecule has 8 heteroatoms. The molecule has 168 valence electrons. The smallest absolute Gasteiger partial charge is 0.491 e. The van der Waals surface area contributed by atoms with Crippen molar-refractivity contribution in [2.75, 3.05) is 6.54 Å². The number of halogens is 1. The number of carbonyl (C=O) groups excluding carboxylic acids is 1. The molecule has 0 unspecified atom stereocenters. The maximum atomic E-state index is 13.0. The molecule has 1 spiro atoms. The monoisotopic (exact) mass is 447 g/mol. The summed E-state index contributed by atoms with van der Waals surface area (Å²) in [6.45, 7) is 14.1. The largest absolute Gasteiger partial charge is 0.494 e. The molecule has 1 aliphatic carbocycles. The summed E-state index contributed by atoms with van der Waals surface area (Å²) in [5.74, 6) is 0. The lowest BCUT2D eigenvalue weighted by Gasteiger charge is -2.35. The van der Waals surface area contributed by atoms with Crippen LogP contribution in [0.3, 0.4) is 0 Å². The van der Waals surface area contributed by atoms with Crippen molar-refractivity contribution < 1.29 is 23.6 Å². The first kappa shape index (κ1) is 22.5. The lowest BCUT2D eigenvalue weighted by atomic mass is 9.78. The SMILES string of the molecule is CC(C)(C)OC(=O)N1CC2(CC2)OC=C1c1cc(Cl)cc(B2OC(C)(C)C(C)(C)O2)c1. The highest BCUT2D eigenvalue weighted by Gasteiger charge is 2.53. The molecule has 0 radical (unpaired) electrons. The van der Waals surface area contributed by atoms with Crippen LogP contribution < -0.4 is 5.46 Å². The van der Waals surface area contributed by atoms with Crippen LogP contribution in [0.2, 0.25) is 5.02 Å². The lowest BCUT2D eigenvalue weighted by Crippen LogP contribution is -2.44. The topological polar surface area (TPSA) is 57.2 Å². The van der Waals surface area contributed by atoms with Gasteiger partial charge in [0.1, 0.15) is 17.5 Å². The summed E-state index contributed by atoms with van der Waals surface area (Å²) in [6.07, 6.45) is 3.10. The Kier molecular flexibility index (Phi) is 5.19. The summed E-state index contributed by atoms with van der Waals surface area (Å²) < 4.78 is 24.1. The number of amides is 1. The Bertz CT molecular complexity index is 916. The maximum Gasteiger partial charge on any atom is 0.494 e. The van der Waals surface area contributed by atoms with E-state index in [1.54, 1.807) is 11.2 Å². The summed E-state index contributed by atoms with van der Waals surface area (Å²) in [5, 5.41) is 0.527. The predicted octanol–water partition coefficient (Wildman–Crippen LogP) is 4.74. The molecule has 1 saturated heterocycles. The highest BCUT2D eigenvalue weighted by molar-refractivity contribution is 6.62. The van der Waals surface area contributed by atoms with Gasteiger partial charge in [-0.05, 0) is 78.9 Å². The van der Waals surface area contributed by atoms with Gasteiger partial charge in [-0.25, -0.2) is 4.79 Å². The molecular formula is C23H31BClNO5. The van der Waals surface area contributed by atoms with Gasteiger partial charge in [0.05, 0.1) is 23.4 Å². The molecule has 6 nitrogen and oxygen atoms in total. The van der Waals surface area contributed by atoms with Gasteiger partial charge < -0.3 is 18.8 Å². The molecule has 0 atom stereocenters. The molecule has 1 aromatic rings. The van der Waals surface area contributed by atoms with Crippen molar-refractivity contribution in [1.82, 2.24) is 4.90 Å². The van der Waals surface area contributed by atoms with Gasteiger partial charge in [0.25, 0.3) is 0 Å². The number of nitrogens with zero attached hydrogens (tertiary/aromatic N) is 1. The van der Waals surface area contributed by atoms with E-state index >= 15 is 0 Å². The zero-order valence-corrected chi connectivity index (χ0v) is 20.1. The third kappa shape index (κ3) is 4.45. The first-order chi connectivity index (χ1) is 14.2. The Hall–Kier alpha value is -1.70. The van der Waals surface area contributed by atoms with Crippen molar-refractivity contribution in [2.45, 2.75) is 83.7 Å². The molecule has 2 fully saturated rings. The number of rotatable bonds is 2. The molecule has 2 heterocycles. The minimum atomic E-state index is -0.598. The van der Waals surface area contributed by atoms with Gasteiger partial charge in [0.15, 0.2) is 0 Å². The summed E-state index contributed by atoms with van der Waals surface area (Å²) in [6, 6.07) is 5.58. The molecule has 3 aliphatic rings. The molecule has 1 saturated carbocycles. The molecule has 2 aliphatic heterocycles. The van der Waals surface area contributed by atoms with E-state index in [1.165, 1.54) is 0 Å². The van der Waals surface area contributed by atoms with Crippen LogP contribution in [0.5, 0.6) is 0 Å². The molecule has 1 aromatic carbocycles. The van der Waals surface area contributed by atoms with Crippen LogP contribution in [0.25, 0.3) is 5.70 Å². The Balaban J connectivity index is 1.68. The number of hydrogen-bond donors (Lipinski definition) is 0. The predicted molar refractivity (Wildman–Crippen MR) is 121 cm³/mol. The standard InChI is InChI=1S/C23H31BClNO5/c1-20(2,3)29-19(27)26-14-23(8-9-23)28-13-18(26)15-10-16(12-17(25)11-15)24-30-21(4,5)22(6,7)31-24/h10-13H,8-9,14H2,1-7H3. The average molecular weight is 448 g/mol. The number of hydrogen-bond acceptors (Lipinski definition) is 5. The van der Waals surface area contributed by atoms with Crippen molar-refractivity contribution in [3.8, 4) is 0 Å². The van der Waals surface area contributed by atoms with Crippen LogP contribution >= 0.6 is 11.6 Å². The zero-order chi connectivity index (χ0) is 22.8. The fourth-order valence-electron chi connectivity index (χ4n) is 3.65. The number of benzene rings is 1. The van der Waals surface area contributed by atoms with Gasteiger partial charge in [0.2, 0.25) is 0 Å². The maximum absolute atomic E-state index is 13.0. The second kappa shape index (κ2) is 7.16. The Morgan fingerprint density at radius 3 is 2.26 bits per heavy atom. The second-order valence-corrected chi connectivity index (χ2v) is 11.2. The highest BCUT2D eigenvalue weighted by atomic mass is 35.5. The summed E-state index contributed by atoms with van der Waals surface area (Å²) >= 11 is 6.48. The molecule has 31 heavy (non-hydrogen) atoms. The number of ether oxygens (including phenoxy) is 2. The fraction of sp³-hybridized carbons (Fsp3) is 0.609. The minimum absolute atomic E-state index is 0.298. The third-order valence-electron chi connectivity index (χ3n) is 6.32. The van der Waals surface area contributed by atoms with E-state index in [-0.39, 0.29) is 5.60 Å². The van der Waals surface area contributed by atoms with Crippen molar-refractivity contribution in [3.63, 3.8) is 0 Å². The van der Waals surface area contributed by atoms with Crippen LogP contribution in [0, 0.1) is 0 Å². The summed E-state index contributed by atoms with van der Waals surface area (Å²) in [5.41, 5.74) is 0.332. The van der Waals surface area contributed by atoms with Crippen LogP contribution in [0.15, 0.2) is 24.5 Å². The van der Waals surface area contributed by atoms with Crippen LogP contribution in [-0.2, 0) is 18.8 Å². The first-order valence-electron chi connectivity index (χ1n) is 10.8. The Morgan fingerprint density at radius 2 is 1.71 bits per heavy atom. The van der Waals surface area contributed by atoms with Gasteiger partial charge in [-0.2, -0.15) is 0 Å². The quantitative estimate of drug-likeness (QED) is 0.613. The fourth-order valence-corrected chi connectivity index (χ4v) is 3.89. The first-order valence-corrected chi connectivity index (χ1v) is 11.1. The average Bonchev–Trinajstić information content (AvgIpc) is 3.32. The van der Waals surface area contributed by atoms with E-state index in [2.05, 4.69) is 0 Å². The Labute approximate surface area is 189 Å². The second-order valence-electron chi connectivity index (χ2n) is 10.7.